The summed E-state index contributed by atoms with van der Waals surface area (Å²) in [6.45, 7) is 4.41. The minimum Gasteiger partial charge on any atom is -0.317 e. The molecular formula is C13H12I2N2O. The van der Waals surface area contributed by atoms with Crippen molar-refractivity contribution in [2.75, 3.05) is 0 Å². The van der Waals surface area contributed by atoms with Crippen molar-refractivity contribution in [3.63, 3.8) is 0 Å². The summed E-state index contributed by atoms with van der Waals surface area (Å²) in [6.07, 6.45) is 1.71. The van der Waals surface area contributed by atoms with Gasteiger partial charge in [0.1, 0.15) is 7.40 Å². The highest BCUT2D eigenvalue weighted by Gasteiger charge is 2.11. The maximum Gasteiger partial charge on any atom is 0.182 e. The Morgan fingerprint density at radius 1 is 1.28 bits per heavy atom. The van der Waals surface area contributed by atoms with Crippen LogP contribution in [0, 0.1) is 21.2 Å². The second-order valence-electron chi connectivity index (χ2n) is 4.18. The van der Waals surface area contributed by atoms with Crippen molar-refractivity contribution in [2.24, 2.45) is 0 Å². The first-order valence-electron chi connectivity index (χ1n) is 5.45. The summed E-state index contributed by atoms with van der Waals surface area (Å²) in [7, 11) is 0. The third-order valence-electron chi connectivity index (χ3n) is 2.88. The Hall–Kier alpha value is -0.440. The van der Waals surface area contributed by atoms with Crippen LogP contribution in [-0.2, 0) is 6.54 Å². The lowest BCUT2D eigenvalue weighted by molar-refractivity contribution is 0.0971. The lowest BCUT2D eigenvalue weighted by Gasteiger charge is -2.06. The molecule has 2 aromatic rings. The number of halogens is 2. The number of hydrogen-bond donors (Lipinski definition) is 0. The van der Waals surface area contributed by atoms with E-state index < -0.39 is 0 Å². The molecule has 2 rings (SSSR count). The van der Waals surface area contributed by atoms with Crippen LogP contribution in [-0.4, -0.2) is 15.3 Å². The van der Waals surface area contributed by atoms with Crippen molar-refractivity contribution >= 4 is 51.0 Å². The summed E-state index contributed by atoms with van der Waals surface area (Å²) in [5.74, 6) is 0.116. The number of aromatic nitrogens is 2. The van der Waals surface area contributed by atoms with E-state index in [1.807, 2.05) is 36.6 Å². The molecule has 1 aromatic heterocycles. The summed E-state index contributed by atoms with van der Waals surface area (Å²) in [5.41, 5.74) is 3.12. The molecule has 0 aliphatic carbocycles. The highest BCUT2D eigenvalue weighted by Crippen LogP contribution is 2.15. The average Bonchev–Trinajstić information content (AvgIpc) is 2.64. The van der Waals surface area contributed by atoms with Gasteiger partial charge in [-0.2, -0.15) is 0 Å². The summed E-state index contributed by atoms with van der Waals surface area (Å²) >= 11 is 4.37. The number of hydrogen-bond acceptors (Lipinski definition) is 2. The number of ketones is 1. The normalized spacial score (nSPS) is 10.7. The second kappa shape index (κ2) is 5.68. The van der Waals surface area contributed by atoms with Gasteiger partial charge in [0, 0.05) is 5.56 Å². The molecule has 1 heterocycles. The predicted octanol–water partition coefficient (Wildman–Crippen LogP) is 3.59. The molecule has 0 bridgehead atoms. The Bertz CT molecular complexity index is 605. The molecule has 94 valence electrons. The lowest BCUT2D eigenvalue weighted by atomic mass is 10.0. The summed E-state index contributed by atoms with van der Waals surface area (Å²) in [5, 5.41) is 0. The van der Waals surface area contributed by atoms with E-state index in [1.165, 1.54) is 5.56 Å². The maximum absolute atomic E-state index is 12.2. The van der Waals surface area contributed by atoms with E-state index in [1.54, 1.807) is 6.33 Å². The van der Waals surface area contributed by atoms with Gasteiger partial charge in [-0.1, -0.05) is 12.1 Å². The highest BCUT2D eigenvalue weighted by atomic mass is 127. The fourth-order valence-corrected chi connectivity index (χ4v) is 2.48. The summed E-state index contributed by atoms with van der Waals surface area (Å²) in [4.78, 5) is 16.4. The van der Waals surface area contributed by atoms with Crippen molar-refractivity contribution in [3.05, 3.63) is 48.6 Å². The largest absolute Gasteiger partial charge is 0.317 e. The van der Waals surface area contributed by atoms with E-state index >= 15 is 0 Å². The zero-order valence-corrected chi connectivity index (χ0v) is 14.4. The SMILES string of the molecule is Cc1ccc(C(=O)Cn2cnc(I)c2I)cc1C. The number of aryl methyl sites for hydroxylation is 2. The summed E-state index contributed by atoms with van der Waals surface area (Å²) in [6, 6.07) is 5.83. The minimum absolute atomic E-state index is 0.116. The Morgan fingerprint density at radius 3 is 2.56 bits per heavy atom. The molecule has 0 aliphatic rings. The van der Waals surface area contributed by atoms with Crippen LogP contribution >= 0.6 is 45.2 Å². The molecule has 0 fully saturated rings. The van der Waals surface area contributed by atoms with E-state index in [-0.39, 0.29) is 5.78 Å². The average molecular weight is 466 g/mol. The molecule has 0 spiro atoms. The molecule has 5 heteroatoms. The first kappa shape index (κ1) is 14.0. The fourth-order valence-electron chi connectivity index (χ4n) is 1.61. The molecule has 18 heavy (non-hydrogen) atoms. The Kier molecular flexibility index (Phi) is 4.41. The molecule has 0 atom stereocenters. The van der Waals surface area contributed by atoms with Gasteiger partial charge in [-0.05, 0) is 76.2 Å². The molecule has 3 nitrogen and oxygen atoms in total. The van der Waals surface area contributed by atoms with Gasteiger partial charge < -0.3 is 4.57 Å². The molecule has 0 amide bonds. The van der Waals surface area contributed by atoms with Crippen LogP contribution in [0.4, 0.5) is 0 Å². The zero-order chi connectivity index (χ0) is 13.3. The van der Waals surface area contributed by atoms with Crippen LogP contribution in [0.3, 0.4) is 0 Å². The monoisotopic (exact) mass is 466 g/mol. The number of rotatable bonds is 3. The van der Waals surface area contributed by atoms with E-state index in [0.29, 0.717) is 6.54 Å². The topological polar surface area (TPSA) is 34.9 Å². The zero-order valence-electron chi connectivity index (χ0n) is 10.1. The Morgan fingerprint density at radius 2 is 2.00 bits per heavy atom. The molecular weight excluding hydrogens is 454 g/mol. The number of carbonyl (C=O) groups is 1. The minimum atomic E-state index is 0.116. The number of benzene rings is 1. The molecule has 0 unspecified atom stereocenters. The second-order valence-corrected chi connectivity index (χ2v) is 6.22. The third kappa shape index (κ3) is 2.93. The molecule has 0 saturated heterocycles. The van der Waals surface area contributed by atoms with Gasteiger partial charge in [-0.25, -0.2) is 4.98 Å². The number of nitrogens with zero attached hydrogens (tertiary/aromatic N) is 2. The van der Waals surface area contributed by atoms with Crippen LogP contribution < -0.4 is 0 Å². The molecule has 1 aromatic carbocycles. The number of Topliss-reactive ketones (excluding diaryl/α,β-unsaturated/α-hetero) is 1. The summed E-state index contributed by atoms with van der Waals surface area (Å²) < 4.78 is 3.81. The molecule has 0 aliphatic heterocycles. The lowest BCUT2D eigenvalue weighted by Crippen LogP contribution is -2.11. The standard InChI is InChI=1S/C13H12I2N2O/c1-8-3-4-10(5-9(8)2)11(18)6-17-7-16-12(14)13(17)15/h3-5,7H,6H2,1-2H3. The van der Waals surface area contributed by atoms with Crippen molar-refractivity contribution in [2.45, 2.75) is 20.4 Å². The Labute approximate surface area is 133 Å². The van der Waals surface area contributed by atoms with Gasteiger partial charge in [-0.3, -0.25) is 4.79 Å². The van der Waals surface area contributed by atoms with Gasteiger partial charge in [0.05, 0.1) is 12.9 Å². The van der Waals surface area contributed by atoms with Crippen molar-refractivity contribution in [1.82, 2.24) is 9.55 Å². The van der Waals surface area contributed by atoms with Crippen molar-refractivity contribution in [3.8, 4) is 0 Å². The first-order valence-corrected chi connectivity index (χ1v) is 7.61. The van der Waals surface area contributed by atoms with Crippen molar-refractivity contribution in [1.29, 1.82) is 0 Å². The highest BCUT2D eigenvalue weighted by molar-refractivity contribution is 14.1. The molecule has 0 N–H and O–H groups in total. The Balaban J connectivity index is 2.22. The van der Waals surface area contributed by atoms with Crippen LogP contribution in [0.1, 0.15) is 21.5 Å². The van der Waals surface area contributed by atoms with Crippen molar-refractivity contribution < 1.29 is 4.79 Å². The fraction of sp³-hybridized carbons (Fsp3) is 0.231. The molecule has 0 saturated carbocycles. The van der Waals surface area contributed by atoms with Crippen LogP contribution in [0.2, 0.25) is 0 Å². The van der Waals surface area contributed by atoms with E-state index in [4.69, 9.17) is 0 Å². The van der Waals surface area contributed by atoms with Crippen LogP contribution in [0.5, 0.6) is 0 Å². The predicted molar refractivity (Wildman–Crippen MR) is 87.9 cm³/mol. The van der Waals surface area contributed by atoms with Gasteiger partial charge >= 0.3 is 0 Å². The van der Waals surface area contributed by atoms with E-state index in [9.17, 15) is 4.79 Å². The van der Waals surface area contributed by atoms with Crippen LogP contribution in [0.15, 0.2) is 24.5 Å². The van der Waals surface area contributed by atoms with E-state index in [0.717, 1.165) is 18.5 Å². The number of imidazole rings is 1. The number of carbonyl (C=O) groups excluding carboxylic acids is 1. The van der Waals surface area contributed by atoms with Gasteiger partial charge in [0.2, 0.25) is 0 Å². The maximum atomic E-state index is 12.2. The van der Waals surface area contributed by atoms with E-state index in [2.05, 4.69) is 50.2 Å². The first-order chi connectivity index (χ1) is 8.49. The van der Waals surface area contributed by atoms with Gasteiger partial charge in [-0.15, -0.1) is 0 Å². The van der Waals surface area contributed by atoms with Gasteiger partial charge in [0.25, 0.3) is 0 Å². The molecule has 0 radical (unpaired) electrons. The smallest absolute Gasteiger partial charge is 0.182 e. The quantitative estimate of drug-likeness (QED) is 0.513. The third-order valence-corrected chi connectivity index (χ3v) is 5.83. The van der Waals surface area contributed by atoms with Crippen LogP contribution in [0.25, 0.3) is 0 Å². The van der Waals surface area contributed by atoms with Gasteiger partial charge in [0.15, 0.2) is 5.78 Å².